The maximum absolute atomic E-state index is 12.2. The Balaban J connectivity index is 0.000000646. The molecule has 0 unspecified atom stereocenters. The predicted octanol–water partition coefficient (Wildman–Crippen LogP) is 4.44. The maximum Gasteiger partial charge on any atom is 0.673 e. The molecule has 1 amide bonds. The van der Waals surface area contributed by atoms with Crippen molar-refractivity contribution in [2.75, 3.05) is 25.0 Å². The number of carbonyl (C=O) groups excluding carboxylic acids is 1. The maximum atomic E-state index is 12.2. The van der Waals surface area contributed by atoms with E-state index in [1.54, 1.807) is 36.4 Å². The van der Waals surface area contributed by atoms with Crippen molar-refractivity contribution >= 4 is 24.5 Å². The van der Waals surface area contributed by atoms with Gasteiger partial charge >= 0.3 is 12.3 Å². The second-order valence-corrected chi connectivity index (χ2v) is 4.78. The van der Waals surface area contributed by atoms with Gasteiger partial charge in [0.05, 0.1) is 19.9 Å². The molecule has 0 bridgehead atoms. The molecule has 0 aliphatic carbocycles. The number of ether oxygens (including phenoxy) is 2. The highest BCUT2D eigenvalue weighted by molar-refractivity contribution is 6.50. The van der Waals surface area contributed by atoms with Gasteiger partial charge in [-0.15, -0.1) is 0 Å². The van der Waals surface area contributed by atoms with Crippen molar-refractivity contribution in [1.29, 1.82) is 5.39 Å². The molecule has 2 aromatic carbocycles. The molecular weight excluding hydrogens is 371 g/mol. The van der Waals surface area contributed by atoms with E-state index in [2.05, 4.69) is 15.8 Å². The number of benzene rings is 2. The van der Waals surface area contributed by atoms with Crippen molar-refractivity contribution in [2.24, 2.45) is 0 Å². The second-order valence-electron chi connectivity index (χ2n) is 4.78. The molecule has 0 aliphatic rings. The molecule has 0 aliphatic heterocycles. The van der Waals surface area contributed by atoms with E-state index in [0.717, 1.165) is 0 Å². The van der Waals surface area contributed by atoms with Crippen molar-refractivity contribution in [1.82, 2.24) is 0 Å². The lowest BCUT2D eigenvalue weighted by molar-refractivity contribution is 0.102. The number of rotatable bonds is 5. The molecular formula is C15H15BF4N4O3. The van der Waals surface area contributed by atoms with Crippen LogP contribution in [-0.2, 0) is 0 Å². The van der Waals surface area contributed by atoms with Crippen LogP contribution in [0.15, 0.2) is 42.5 Å². The Kier molecular flexibility index (Phi) is 7.87. The number of anilines is 2. The molecule has 0 fully saturated rings. The fourth-order valence-corrected chi connectivity index (χ4v) is 1.92. The minimum atomic E-state index is -6.00. The molecule has 0 saturated heterocycles. The Morgan fingerprint density at radius 2 is 1.48 bits per heavy atom. The first kappa shape index (κ1) is 21.6. The summed E-state index contributed by atoms with van der Waals surface area (Å²) >= 11 is 0. The number of nitrogens with one attached hydrogen (secondary N) is 2. The van der Waals surface area contributed by atoms with E-state index in [-0.39, 0.29) is 5.91 Å². The van der Waals surface area contributed by atoms with Gasteiger partial charge in [0.15, 0.2) is 11.4 Å². The fraction of sp³-hybridized carbons (Fsp3) is 0.133. The monoisotopic (exact) mass is 386 g/mol. The summed E-state index contributed by atoms with van der Waals surface area (Å²) in [5, 5.41) is 14.2. The molecule has 0 saturated carbocycles. The van der Waals surface area contributed by atoms with Crippen LogP contribution in [0.3, 0.4) is 0 Å². The fourth-order valence-electron chi connectivity index (χ4n) is 1.92. The van der Waals surface area contributed by atoms with Crippen LogP contribution in [0.2, 0.25) is 0 Å². The van der Waals surface area contributed by atoms with E-state index in [9.17, 15) is 22.1 Å². The van der Waals surface area contributed by atoms with Crippen molar-refractivity contribution < 1.29 is 31.5 Å². The first-order valence-electron chi connectivity index (χ1n) is 7.29. The molecule has 0 radical (unpaired) electrons. The third-order valence-corrected chi connectivity index (χ3v) is 2.98. The van der Waals surface area contributed by atoms with Gasteiger partial charge in [0.2, 0.25) is 0 Å². The smallest absolute Gasteiger partial charge is 0.494 e. The van der Waals surface area contributed by atoms with Crippen LogP contribution in [0.25, 0.3) is 5.08 Å². The molecule has 2 N–H and O–H groups in total. The summed E-state index contributed by atoms with van der Waals surface area (Å²) in [6, 6.07) is 11.9. The van der Waals surface area contributed by atoms with Gasteiger partial charge in [0.1, 0.15) is 5.75 Å². The van der Waals surface area contributed by atoms with E-state index in [1.807, 2.05) is 6.07 Å². The zero-order chi connectivity index (χ0) is 20.4. The molecule has 144 valence electrons. The molecule has 0 spiro atoms. The highest BCUT2D eigenvalue weighted by Gasteiger charge is 2.20. The molecule has 0 atom stereocenters. The summed E-state index contributed by atoms with van der Waals surface area (Å²) < 4.78 is 49.4. The van der Waals surface area contributed by atoms with Crippen LogP contribution < -0.4 is 20.2 Å². The van der Waals surface area contributed by atoms with Gasteiger partial charge in [-0.25, -0.2) is 0 Å². The van der Waals surface area contributed by atoms with Crippen LogP contribution >= 0.6 is 0 Å². The quantitative estimate of drug-likeness (QED) is 0.344. The Labute approximate surface area is 152 Å². The van der Waals surface area contributed by atoms with Crippen molar-refractivity contribution in [3.8, 4) is 11.5 Å². The van der Waals surface area contributed by atoms with Crippen molar-refractivity contribution in [2.45, 2.75) is 0 Å². The van der Waals surface area contributed by atoms with Gasteiger partial charge in [0.25, 0.3) is 11.3 Å². The van der Waals surface area contributed by atoms with Crippen LogP contribution in [0.5, 0.6) is 11.5 Å². The summed E-state index contributed by atoms with van der Waals surface area (Å²) in [6.45, 7) is 0. The third kappa shape index (κ3) is 7.51. The molecule has 7 nitrogen and oxygen atoms in total. The van der Waals surface area contributed by atoms with E-state index in [1.165, 1.54) is 14.2 Å². The van der Waals surface area contributed by atoms with Crippen LogP contribution in [0, 0.1) is 5.39 Å². The van der Waals surface area contributed by atoms with Gasteiger partial charge in [0, 0.05) is 17.7 Å². The first-order chi connectivity index (χ1) is 12.7. The van der Waals surface area contributed by atoms with Gasteiger partial charge < -0.3 is 32.1 Å². The zero-order valence-corrected chi connectivity index (χ0v) is 14.2. The summed E-state index contributed by atoms with van der Waals surface area (Å²) in [4.78, 5) is 12.2. The van der Waals surface area contributed by atoms with Gasteiger partial charge in [-0.1, -0.05) is 18.2 Å². The lowest BCUT2D eigenvalue weighted by atomic mass is 10.2. The average Bonchev–Trinajstić information content (AvgIpc) is 2.62. The summed E-state index contributed by atoms with van der Waals surface area (Å²) in [6.07, 6.45) is 0. The number of amides is 1. The molecule has 27 heavy (non-hydrogen) atoms. The number of methoxy groups -OCH3 is 2. The number of hydrogen-bond acceptors (Lipinski definition) is 5. The summed E-state index contributed by atoms with van der Waals surface area (Å²) in [5.41, 5.74) is 3.74. The molecule has 2 rings (SSSR count). The first-order valence-corrected chi connectivity index (χ1v) is 7.29. The van der Waals surface area contributed by atoms with Crippen molar-refractivity contribution in [3.63, 3.8) is 0 Å². The summed E-state index contributed by atoms with van der Waals surface area (Å²) in [5.74, 6) is 0.520. The topological polar surface area (TPSA) is 87.7 Å². The minimum Gasteiger partial charge on any atom is -0.494 e. The van der Waals surface area contributed by atoms with E-state index in [4.69, 9.17) is 14.9 Å². The lowest BCUT2D eigenvalue weighted by Gasteiger charge is -2.13. The van der Waals surface area contributed by atoms with Gasteiger partial charge in [-0.05, 0) is 17.6 Å². The molecule has 0 heterocycles. The van der Waals surface area contributed by atoms with Crippen LogP contribution in [0.1, 0.15) is 10.4 Å². The van der Waals surface area contributed by atoms with Gasteiger partial charge in [-0.3, -0.25) is 4.79 Å². The zero-order valence-electron chi connectivity index (χ0n) is 14.2. The van der Waals surface area contributed by atoms with E-state index in [0.29, 0.717) is 28.4 Å². The highest BCUT2D eigenvalue weighted by Crippen LogP contribution is 2.36. The Morgan fingerprint density at radius 1 is 1.00 bits per heavy atom. The molecule has 0 aromatic heterocycles. The Bertz CT molecular complexity index is 807. The van der Waals surface area contributed by atoms with Gasteiger partial charge in [-0.2, -0.15) is 0 Å². The van der Waals surface area contributed by atoms with E-state index >= 15 is 0 Å². The Hall–Kier alpha value is -3.49. The normalized spacial score (nSPS) is 9.96. The molecule has 2 aromatic rings. The van der Waals surface area contributed by atoms with Crippen LogP contribution in [0.4, 0.5) is 28.6 Å². The third-order valence-electron chi connectivity index (χ3n) is 2.98. The number of hydrogen-bond donors (Lipinski definition) is 2. The number of nitrogens with zero attached hydrogens (tertiary/aromatic N) is 2. The lowest BCUT2D eigenvalue weighted by Crippen LogP contribution is -2.12. The SMILES string of the molecule is COc1cc(NC(=O)c2ccccc2)c(OC)cc1N[N+]#N.F[B-](F)(F)F. The average molecular weight is 386 g/mol. The van der Waals surface area contributed by atoms with Crippen molar-refractivity contribution in [3.05, 3.63) is 53.1 Å². The largest absolute Gasteiger partial charge is 0.673 e. The number of halogens is 4. The van der Waals surface area contributed by atoms with Crippen LogP contribution in [-0.4, -0.2) is 27.4 Å². The Morgan fingerprint density at radius 3 is 1.96 bits per heavy atom. The second kappa shape index (κ2) is 9.86. The highest BCUT2D eigenvalue weighted by atomic mass is 19.5. The summed E-state index contributed by atoms with van der Waals surface area (Å²) in [7, 11) is -3.06. The number of carbonyl (C=O) groups is 1. The standard InChI is InChI=1S/C15H14N4O3.BF4/c1-21-13-9-12(18-19-16)14(22-2)8-11(13)17-15(20)10-6-4-3-5-7-10;2-1(3,4)5/h3-9,16H,1-2H3;/q;-1/p+1. The predicted molar refractivity (Wildman–Crippen MR) is 92.8 cm³/mol. The number of diazo groups is 1. The van der Waals surface area contributed by atoms with E-state index < -0.39 is 7.25 Å². The minimum absolute atomic E-state index is 0.270. The molecule has 12 heteroatoms.